The van der Waals surface area contributed by atoms with Crippen LogP contribution in [0.1, 0.15) is 18.4 Å². The van der Waals surface area contributed by atoms with Gasteiger partial charge in [-0.2, -0.15) is 0 Å². The number of hydrogen-bond donors (Lipinski definition) is 0. The van der Waals surface area contributed by atoms with Crippen molar-refractivity contribution >= 4 is 34.5 Å². The molecule has 0 aliphatic carbocycles. The zero-order valence-electron chi connectivity index (χ0n) is 16.9. The lowest BCUT2D eigenvalue weighted by molar-refractivity contribution is 0.325. The summed E-state index contributed by atoms with van der Waals surface area (Å²) in [4.78, 5) is 0. The van der Waals surface area contributed by atoms with Crippen LogP contribution in [0.25, 0.3) is 0 Å². The molecule has 3 nitrogen and oxygen atoms in total. The van der Waals surface area contributed by atoms with Gasteiger partial charge in [0.05, 0.1) is 0 Å². The minimum atomic E-state index is -2.29. The van der Waals surface area contributed by atoms with Crippen LogP contribution in [-0.4, -0.2) is 34.5 Å². The Balaban J connectivity index is 2.93. The van der Waals surface area contributed by atoms with Gasteiger partial charge in [0.25, 0.3) is 0 Å². The molecule has 1 radical (unpaired) electrons. The van der Waals surface area contributed by atoms with E-state index in [0.29, 0.717) is 5.92 Å². The van der Waals surface area contributed by atoms with E-state index in [1.54, 1.807) is 0 Å². The first kappa shape index (κ1) is 22.0. The SMILES string of the molecule is CC(C[Si](C)(O[Si](C)C)O[Si](C)(C)O[Si](C)(C)C)c1ccccc1. The molecule has 0 heterocycles. The summed E-state index contributed by atoms with van der Waals surface area (Å²) in [5.41, 5.74) is 1.36. The molecule has 1 aromatic carbocycles. The molecule has 0 aliphatic heterocycles. The van der Waals surface area contributed by atoms with Crippen molar-refractivity contribution in [2.75, 3.05) is 0 Å². The monoisotopic (exact) mass is 399 g/mol. The molecule has 0 amide bonds. The van der Waals surface area contributed by atoms with Gasteiger partial charge >= 0.3 is 17.1 Å². The van der Waals surface area contributed by atoms with Gasteiger partial charge in [0, 0.05) is 0 Å². The second-order valence-electron chi connectivity index (χ2n) is 8.38. The van der Waals surface area contributed by atoms with E-state index in [1.165, 1.54) is 5.56 Å². The fourth-order valence-electron chi connectivity index (χ4n) is 3.27. The molecule has 0 spiro atoms. The summed E-state index contributed by atoms with van der Waals surface area (Å²) in [6, 6.07) is 11.6. The third-order valence-corrected chi connectivity index (χ3v) is 16.3. The zero-order valence-corrected chi connectivity index (χ0v) is 20.9. The fraction of sp³-hybridized carbons (Fsp3) is 0.647. The predicted octanol–water partition coefficient (Wildman–Crippen LogP) is 5.70. The molecular formula is C17H35O3Si4. The Hall–Kier alpha value is -0.0325. The molecule has 1 rings (SSSR count). The quantitative estimate of drug-likeness (QED) is 0.498. The Labute approximate surface area is 154 Å². The molecule has 137 valence electrons. The van der Waals surface area contributed by atoms with E-state index in [-0.39, 0.29) is 0 Å². The van der Waals surface area contributed by atoms with Crippen molar-refractivity contribution in [3.63, 3.8) is 0 Å². The third kappa shape index (κ3) is 8.37. The van der Waals surface area contributed by atoms with Crippen molar-refractivity contribution in [2.24, 2.45) is 0 Å². The highest BCUT2D eigenvalue weighted by molar-refractivity contribution is 6.87. The number of rotatable bonds is 9. The Morgan fingerprint density at radius 3 is 1.92 bits per heavy atom. The van der Waals surface area contributed by atoms with Crippen LogP contribution in [0, 0.1) is 0 Å². The van der Waals surface area contributed by atoms with Crippen LogP contribution in [0.3, 0.4) is 0 Å². The molecule has 2 unspecified atom stereocenters. The number of benzene rings is 1. The van der Waals surface area contributed by atoms with Crippen LogP contribution in [0.2, 0.25) is 58.4 Å². The standard InChI is InChI=1S/C17H35O3Si4/c1-16(17-13-11-10-12-14-17)15-24(9,18-21(2)3)20-23(7,8)19-22(4,5)6/h10-14,16H,15H2,1-9H3. The van der Waals surface area contributed by atoms with Crippen molar-refractivity contribution in [3.05, 3.63) is 35.9 Å². The van der Waals surface area contributed by atoms with Crippen LogP contribution in [0.15, 0.2) is 30.3 Å². The molecule has 0 N–H and O–H groups in total. The molecule has 2 atom stereocenters. The van der Waals surface area contributed by atoms with Crippen LogP contribution in [0.4, 0.5) is 0 Å². The van der Waals surface area contributed by atoms with Gasteiger partial charge in [0.2, 0.25) is 0 Å². The lowest BCUT2D eigenvalue weighted by Gasteiger charge is -2.40. The fourth-order valence-corrected chi connectivity index (χ4v) is 19.9. The second kappa shape index (κ2) is 8.57. The molecular weight excluding hydrogens is 365 g/mol. The van der Waals surface area contributed by atoms with Crippen LogP contribution >= 0.6 is 0 Å². The van der Waals surface area contributed by atoms with Gasteiger partial charge in [-0.25, -0.2) is 0 Å². The predicted molar refractivity (Wildman–Crippen MR) is 113 cm³/mol. The molecule has 0 bridgehead atoms. The average molecular weight is 400 g/mol. The minimum absolute atomic E-state index is 0.431. The highest BCUT2D eigenvalue weighted by atomic mass is 28.5. The van der Waals surface area contributed by atoms with Gasteiger partial charge in [-0.1, -0.05) is 37.3 Å². The summed E-state index contributed by atoms with van der Waals surface area (Å²) in [5.74, 6) is 0.431. The van der Waals surface area contributed by atoms with E-state index in [9.17, 15) is 0 Å². The van der Waals surface area contributed by atoms with Gasteiger partial charge < -0.3 is 12.3 Å². The van der Waals surface area contributed by atoms with Gasteiger partial charge in [0.1, 0.15) is 0 Å². The van der Waals surface area contributed by atoms with Crippen molar-refractivity contribution < 1.29 is 12.3 Å². The molecule has 1 aromatic rings. The maximum absolute atomic E-state index is 6.70. The van der Waals surface area contributed by atoms with E-state index in [2.05, 4.69) is 89.6 Å². The lowest BCUT2D eigenvalue weighted by Crippen LogP contribution is -2.55. The van der Waals surface area contributed by atoms with Crippen LogP contribution in [-0.2, 0) is 12.3 Å². The van der Waals surface area contributed by atoms with Crippen LogP contribution < -0.4 is 0 Å². The minimum Gasteiger partial charge on any atom is -0.437 e. The highest BCUT2D eigenvalue weighted by Crippen LogP contribution is 2.31. The van der Waals surface area contributed by atoms with E-state index in [4.69, 9.17) is 12.3 Å². The molecule has 0 fully saturated rings. The molecule has 7 heteroatoms. The summed E-state index contributed by atoms with van der Waals surface area (Å²) < 4.78 is 19.6. The van der Waals surface area contributed by atoms with Gasteiger partial charge in [-0.3, -0.25) is 0 Å². The molecule has 0 saturated heterocycles. The average Bonchev–Trinajstić information content (AvgIpc) is 2.34. The lowest BCUT2D eigenvalue weighted by atomic mass is 10.0. The summed E-state index contributed by atoms with van der Waals surface area (Å²) in [7, 11) is -6.93. The van der Waals surface area contributed by atoms with E-state index < -0.39 is 34.5 Å². The normalized spacial score (nSPS) is 16.9. The molecule has 24 heavy (non-hydrogen) atoms. The van der Waals surface area contributed by atoms with Gasteiger partial charge in [-0.05, 0) is 69.9 Å². The topological polar surface area (TPSA) is 27.7 Å². The van der Waals surface area contributed by atoms with Gasteiger partial charge in [0.15, 0.2) is 17.4 Å². The first-order valence-corrected chi connectivity index (χ1v) is 19.9. The maximum atomic E-state index is 6.70. The Morgan fingerprint density at radius 2 is 1.46 bits per heavy atom. The summed E-state index contributed by atoms with van der Waals surface area (Å²) in [5, 5.41) is 0. The Kier molecular flexibility index (Phi) is 7.86. The van der Waals surface area contributed by atoms with E-state index in [0.717, 1.165) is 6.04 Å². The Morgan fingerprint density at radius 1 is 0.917 bits per heavy atom. The van der Waals surface area contributed by atoms with Crippen molar-refractivity contribution in [2.45, 2.75) is 71.3 Å². The molecule has 0 saturated carbocycles. The molecule has 0 aliphatic rings. The number of hydrogen-bond acceptors (Lipinski definition) is 3. The van der Waals surface area contributed by atoms with Crippen molar-refractivity contribution in [1.82, 2.24) is 0 Å². The van der Waals surface area contributed by atoms with Crippen molar-refractivity contribution in [1.29, 1.82) is 0 Å². The van der Waals surface area contributed by atoms with Crippen LogP contribution in [0.5, 0.6) is 0 Å². The Bertz CT molecular complexity index is 502. The summed E-state index contributed by atoms with van der Waals surface area (Å²) in [6.45, 7) is 19.9. The summed E-state index contributed by atoms with van der Waals surface area (Å²) in [6.07, 6.45) is 0. The van der Waals surface area contributed by atoms with E-state index in [1.807, 2.05) is 0 Å². The first-order chi connectivity index (χ1) is 10.8. The largest absolute Gasteiger partial charge is 0.437 e. The third-order valence-electron chi connectivity index (χ3n) is 3.48. The highest BCUT2D eigenvalue weighted by Gasteiger charge is 2.43. The maximum Gasteiger partial charge on any atom is 0.316 e. The second-order valence-corrected chi connectivity index (χ2v) is 22.3. The van der Waals surface area contributed by atoms with Crippen molar-refractivity contribution in [3.8, 4) is 0 Å². The zero-order chi connectivity index (χ0) is 18.6. The van der Waals surface area contributed by atoms with E-state index >= 15 is 0 Å². The molecule has 0 aromatic heterocycles. The summed E-state index contributed by atoms with van der Waals surface area (Å²) >= 11 is 0. The first-order valence-electron chi connectivity index (χ1n) is 8.76. The smallest absolute Gasteiger partial charge is 0.316 e. The van der Waals surface area contributed by atoms with Gasteiger partial charge in [-0.15, -0.1) is 0 Å².